The van der Waals surface area contributed by atoms with Gasteiger partial charge in [-0.15, -0.1) is 0 Å². The van der Waals surface area contributed by atoms with Crippen LogP contribution in [0.1, 0.15) is 85.1 Å². The van der Waals surface area contributed by atoms with Gasteiger partial charge in [-0.05, 0) is 19.9 Å². The van der Waals surface area contributed by atoms with E-state index in [1.54, 1.807) is 33.8 Å². The molecule has 0 fully saturated rings. The van der Waals surface area contributed by atoms with Crippen LogP contribution in [0, 0.1) is 30.6 Å². The SMILES string of the molecule is CC(=O)O[C@H]1[C@H](C)[C@H](O)[C@H](C)[C@@H](O)[C@@H](C)/C=C/C=C(/C)C(=O)NC2=C(N)C(=O)c3c(c(O)c(C)c4c3C(=O)[C@@](C)(O/C=C/[C@H](O)[C@H]1C)O4)C2=O. The molecule has 1 aliphatic carbocycles. The Bertz CT molecular complexity index is 1760. The van der Waals surface area contributed by atoms with Crippen LogP contribution in [-0.4, -0.2) is 79.9 Å². The number of allylic oxidation sites excluding steroid dienone is 4. The molecular weight excluding hydrogens is 652 g/mol. The Morgan fingerprint density at radius 2 is 1.56 bits per heavy atom. The lowest BCUT2D eigenvalue weighted by molar-refractivity contribution is -0.159. The van der Waals surface area contributed by atoms with Crippen LogP contribution in [0.25, 0.3) is 0 Å². The summed E-state index contributed by atoms with van der Waals surface area (Å²) in [4.78, 5) is 66.4. The molecule has 4 aliphatic rings. The lowest BCUT2D eigenvalue weighted by Gasteiger charge is -2.37. The van der Waals surface area contributed by atoms with Gasteiger partial charge in [-0.2, -0.15) is 0 Å². The summed E-state index contributed by atoms with van der Waals surface area (Å²) < 4.78 is 17.0. The fraction of sp³-hybridized carbons (Fsp3) is 0.472. The zero-order valence-corrected chi connectivity index (χ0v) is 29.1. The van der Waals surface area contributed by atoms with Gasteiger partial charge in [0, 0.05) is 48.7 Å². The number of hydrogen-bond donors (Lipinski definition) is 6. The van der Waals surface area contributed by atoms with Crippen molar-refractivity contribution in [1.29, 1.82) is 0 Å². The van der Waals surface area contributed by atoms with Crippen molar-refractivity contribution in [2.45, 2.75) is 85.6 Å². The van der Waals surface area contributed by atoms with Crippen molar-refractivity contribution in [3.8, 4) is 11.5 Å². The predicted molar refractivity (Wildman–Crippen MR) is 178 cm³/mol. The van der Waals surface area contributed by atoms with E-state index in [0.29, 0.717) is 0 Å². The summed E-state index contributed by atoms with van der Waals surface area (Å²) >= 11 is 0. The Balaban J connectivity index is 1.84. The fourth-order valence-electron chi connectivity index (χ4n) is 6.43. The number of fused-ring (bicyclic) bond motifs is 14. The molecule has 5 rings (SSSR count). The molecule has 1 aromatic carbocycles. The van der Waals surface area contributed by atoms with E-state index in [1.807, 2.05) is 0 Å². The first-order valence-corrected chi connectivity index (χ1v) is 16.2. The van der Waals surface area contributed by atoms with Crippen molar-refractivity contribution in [1.82, 2.24) is 5.32 Å². The summed E-state index contributed by atoms with van der Waals surface area (Å²) in [6.45, 7) is 11.7. The number of aliphatic hydroxyl groups excluding tert-OH is 3. The maximum Gasteiger partial charge on any atom is 0.312 e. The predicted octanol–water partition coefficient (Wildman–Crippen LogP) is 2.26. The summed E-state index contributed by atoms with van der Waals surface area (Å²) in [6, 6.07) is 0. The van der Waals surface area contributed by atoms with Gasteiger partial charge in [-0.25, -0.2) is 0 Å². The normalized spacial score (nSPS) is 34.7. The van der Waals surface area contributed by atoms with Crippen LogP contribution in [0.2, 0.25) is 0 Å². The number of Topliss-reactive ketones (excluding diaryl/α,β-unsaturated/α-hetero) is 3. The van der Waals surface area contributed by atoms with Crippen molar-refractivity contribution >= 4 is 29.2 Å². The van der Waals surface area contributed by atoms with Gasteiger partial charge < -0.3 is 45.7 Å². The number of phenolic OH excluding ortho intramolecular Hbond substituents is 1. The van der Waals surface area contributed by atoms with Gasteiger partial charge in [0.15, 0.2) is 0 Å². The quantitative estimate of drug-likeness (QED) is 0.232. The van der Waals surface area contributed by atoms with Crippen molar-refractivity contribution in [3.63, 3.8) is 0 Å². The molecule has 5 bridgehead atoms. The van der Waals surface area contributed by atoms with Gasteiger partial charge in [0.1, 0.15) is 29.0 Å². The van der Waals surface area contributed by atoms with E-state index in [1.165, 1.54) is 45.9 Å². The molecule has 0 spiro atoms. The fourth-order valence-corrected chi connectivity index (χ4v) is 6.43. The average molecular weight is 697 g/mol. The largest absolute Gasteiger partial charge is 0.507 e. The third kappa shape index (κ3) is 6.70. The Labute approximate surface area is 289 Å². The Morgan fingerprint density at radius 1 is 0.920 bits per heavy atom. The van der Waals surface area contributed by atoms with Crippen LogP contribution < -0.4 is 15.8 Å². The van der Waals surface area contributed by atoms with Gasteiger partial charge in [0.25, 0.3) is 11.7 Å². The van der Waals surface area contributed by atoms with Crippen LogP contribution in [0.15, 0.2) is 47.5 Å². The monoisotopic (exact) mass is 696 g/mol. The first-order valence-electron chi connectivity index (χ1n) is 16.2. The number of esters is 1. The molecular formula is C36H44N2O12. The van der Waals surface area contributed by atoms with Crippen molar-refractivity contribution in [2.24, 2.45) is 29.4 Å². The highest BCUT2D eigenvalue weighted by Crippen LogP contribution is 2.48. The Kier molecular flexibility index (Phi) is 10.8. The highest BCUT2D eigenvalue weighted by atomic mass is 16.7. The molecule has 270 valence electrons. The molecule has 1 amide bonds. The van der Waals surface area contributed by atoms with Crippen LogP contribution >= 0.6 is 0 Å². The van der Waals surface area contributed by atoms with E-state index in [0.717, 1.165) is 6.26 Å². The average Bonchev–Trinajstić information content (AvgIpc) is 3.33. The number of ether oxygens (including phenoxy) is 3. The third-order valence-corrected chi connectivity index (χ3v) is 9.75. The number of ketones is 3. The minimum atomic E-state index is -2.13. The summed E-state index contributed by atoms with van der Waals surface area (Å²) in [5, 5.41) is 46.9. The zero-order valence-electron chi connectivity index (χ0n) is 29.1. The number of benzene rings is 1. The highest BCUT2D eigenvalue weighted by molar-refractivity contribution is 6.32. The second-order valence-electron chi connectivity index (χ2n) is 13.4. The van der Waals surface area contributed by atoms with Crippen LogP contribution in [-0.2, 0) is 19.1 Å². The smallest absolute Gasteiger partial charge is 0.312 e. The molecule has 9 atom stereocenters. The number of phenols is 1. The first-order chi connectivity index (χ1) is 23.2. The third-order valence-electron chi connectivity index (χ3n) is 9.75. The van der Waals surface area contributed by atoms with Gasteiger partial charge >= 0.3 is 11.8 Å². The summed E-state index contributed by atoms with van der Waals surface area (Å²) in [5.74, 6) is -10.3. The lowest BCUT2D eigenvalue weighted by Crippen LogP contribution is -2.46. The second-order valence-corrected chi connectivity index (χ2v) is 13.4. The molecule has 0 saturated carbocycles. The number of aliphatic hydroxyl groups is 3. The van der Waals surface area contributed by atoms with Crippen molar-refractivity contribution in [3.05, 3.63) is 69.8 Å². The highest BCUT2D eigenvalue weighted by Gasteiger charge is 2.52. The van der Waals surface area contributed by atoms with E-state index in [-0.39, 0.29) is 22.4 Å². The molecule has 14 nitrogen and oxygen atoms in total. The van der Waals surface area contributed by atoms with E-state index < -0.39 is 111 Å². The van der Waals surface area contributed by atoms with Crippen LogP contribution in [0.5, 0.6) is 11.5 Å². The number of aromatic hydroxyl groups is 1. The van der Waals surface area contributed by atoms with E-state index >= 15 is 0 Å². The van der Waals surface area contributed by atoms with Crippen LogP contribution in [0.4, 0.5) is 0 Å². The molecule has 14 heteroatoms. The number of hydrogen-bond acceptors (Lipinski definition) is 13. The van der Waals surface area contributed by atoms with Gasteiger partial charge in [-0.1, -0.05) is 45.9 Å². The lowest BCUT2D eigenvalue weighted by atomic mass is 9.78. The zero-order chi connectivity index (χ0) is 37.6. The maximum absolute atomic E-state index is 13.8. The molecule has 0 unspecified atom stereocenters. The van der Waals surface area contributed by atoms with E-state index in [2.05, 4.69) is 5.32 Å². The number of amides is 1. The molecule has 0 saturated heterocycles. The summed E-state index contributed by atoms with van der Waals surface area (Å²) in [5.41, 5.74) is 3.44. The summed E-state index contributed by atoms with van der Waals surface area (Å²) in [6.07, 6.45) is 1.99. The van der Waals surface area contributed by atoms with E-state index in [4.69, 9.17) is 19.9 Å². The second kappa shape index (κ2) is 14.2. The molecule has 0 aromatic heterocycles. The Morgan fingerprint density at radius 3 is 2.18 bits per heavy atom. The molecule has 0 radical (unpaired) electrons. The number of rotatable bonds is 1. The molecule has 3 heterocycles. The minimum absolute atomic E-state index is 0.0570. The topological polar surface area (TPSA) is 232 Å². The minimum Gasteiger partial charge on any atom is -0.507 e. The van der Waals surface area contributed by atoms with Crippen LogP contribution in [0.3, 0.4) is 0 Å². The number of nitrogens with one attached hydrogen (secondary N) is 1. The van der Waals surface area contributed by atoms with Gasteiger partial charge in [0.05, 0.1) is 41.3 Å². The molecule has 1 aromatic rings. The molecule has 7 N–H and O–H groups in total. The molecule has 50 heavy (non-hydrogen) atoms. The Hall–Kier alpha value is -4.79. The van der Waals surface area contributed by atoms with Crippen molar-refractivity contribution < 1.29 is 58.6 Å². The van der Waals surface area contributed by atoms with Gasteiger partial charge in [0.2, 0.25) is 11.6 Å². The summed E-state index contributed by atoms with van der Waals surface area (Å²) in [7, 11) is 0. The van der Waals surface area contributed by atoms with Crippen molar-refractivity contribution in [2.75, 3.05) is 0 Å². The first kappa shape index (κ1) is 38.0. The number of carbonyl (C=O) groups is 5. The number of nitrogens with two attached hydrogens (primary N) is 1. The molecule has 3 aliphatic heterocycles. The van der Waals surface area contributed by atoms with E-state index in [9.17, 15) is 44.4 Å². The maximum atomic E-state index is 13.8. The van der Waals surface area contributed by atoms with Gasteiger partial charge in [-0.3, -0.25) is 24.0 Å². The standard InChI is InChI=1S/C36H44N2O12/c1-14-10-9-11-15(2)35(47)38-26-25(37)30(44)22-23(31(26)45)29(43)19(6)33-24(22)34(46)36(8,50-33)48-13-12-21(40)16(3)32(49-20(7)39)18(5)28(42)17(4)27(14)41/h9-14,16-18,21,27-28,32,40-43H,37H2,1-8H3,(H,38,47)/b10-9+,13-12+,15-11-/t14-,16+,17+,18+,21-,27-,28+,32+,36-/m0/s1. The number of carbonyl (C=O) groups excluding carboxylic acids is 5.